The number of fused-ring (bicyclic) bond motifs is 1. The summed E-state index contributed by atoms with van der Waals surface area (Å²) in [4.78, 5) is 27.3. The minimum atomic E-state index is -0.841. The number of rotatable bonds is 6. The van der Waals surface area contributed by atoms with Crippen molar-refractivity contribution in [2.45, 2.75) is 32.6 Å². The van der Waals surface area contributed by atoms with E-state index in [1.165, 1.54) is 6.07 Å². The minimum absolute atomic E-state index is 0.204. The molecule has 9 heteroatoms. The number of amides is 2. The van der Waals surface area contributed by atoms with Crippen molar-refractivity contribution in [2.75, 3.05) is 10.2 Å². The average Bonchev–Trinajstić information content (AvgIpc) is 2.80. The summed E-state index contributed by atoms with van der Waals surface area (Å²) in [5, 5.41) is 4.15. The van der Waals surface area contributed by atoms with Crippen LogP contribution in [-0.4, -0.2) is 24.0 Å². The highest BCUT2D eigenvalue weighted by atomic mass is 35.5. The van der Waals surface area contributed by atoms with Crippen LogP contribution in [0.15, 0.2) is 60.7 Å². The third-order valence-corrected chi connectivity index (χ3v) is 6.19. The van der Waals surface area contributed by atoms with Crippen molar-refractivity contribution in [1.82, 2.24) is 0 Å². The average molecular weight is 520 g/mol. The molecule has 1 aliphatic heterocycles. The number of carbonyl (C=O) groups is 2. The largest absolute Gasteiger partial charge is 0.479 e. The number of hydrogen-bond acceptors (Lipinski definition) is 4. The SMILES string of the molecule is CC(Oc1ccc(Cl)cc1Cl)C(=O)Nc1ccc2c(c1)N(Cc1ccccc1Cl)C(=O)C(C)O2. The first-order valence-electron chi connectivity index (χ1n) is 10.5. The van der Waals surface area contributed by atoms with Crippen LogP contribution in [0.3, 0.4) is 0 Å². The van der Waals surface area contributed by atoms with E-state index in [1.807, 2.05) is 18.2 Å². The van der Waals surface area contributed by atoms with Crippen LogP contribution in [0, 0.1) is 0 Å². The molecule has 3 aromatic rings. The van der Waals surface area contributed by atoms with Gasteiger partial charge in [-0.25, -0.2) is 0 Å². The summed E-state index contributed by atoms with van der Waals surface area (Å²) in [5.74, 6) is 0.289. The molecule has 2 unspecified atom stereocenters. The second-order valence-electron chi connectivity index (χ2n) is 7.78. The number of nitrogens with zero attached hydrogens (tertiary/aromatic N) is 1. The number of hydrogen-bond donors (Lipinski definition) is 1. The molecule has 3 aromatic carbocycles. The Morgan fingerprint density at radius 2 is 1.85 bits per heavy atom. The van der Waals surface area contributed by atoms with Gasteiger partial charge < -0.3 is 19.7 Å². The quantitative estimate of drug-likeness (QED) is 0.411. The summed E-state index contributed by atoms with van der Waals surface area (Å²) in [6, 6.07) is 17.2. The first kappa shape index (κ1) is 24.2. The molecule has 1 N–H and O–H groups in total. The van der Waals surface area contributed by atoms with Gasteiger partial charge in [-0.05, 0) is 61.9 Å². The Hall–Kier alpha value is -2.93. The fraction of sp³-hybridized carbons (Fsp3) is 0.200. The molecule has 0 aliphatic carbocycles. The van der Waals surface area contributed by atoms with Gasteiger partial charge in [0.05, 0.1) is 17.3 Å². The number of halogens is 3. The molecule has 6 nitrogen and oxygen atoms in total. The van der Waals surface area contributed by atoms with Crippen LogP contribution >= 0.6 is 34.8 Å². The lowest BCUT2D eigenvalue weighted by Gasteiger charge is -2.33. The van der Waals surface area contributed by atoms with Crippen molar-refractivity contribution in [3.8, 4) is 11.5 Å². The molecule has 0 fully saturated rings. The van der Waals surface area contributed by atoms with Crippen LogP contribution in [0.5, 0.6) is 11.5 Å². The van der Waals surface area contributed by atoms with E-state index in [0.29, 0.717) is 37.9 Å². The Labute approximate surface area is 212 Å². The predicted octanol–water partition coefficient (Wildman–Crippen LogP) is 6.37. The molecule has 0 saturated carbocycles. The van der Waals surface area contributed by atoms with E-state index < -0.39 is 12.2 Å². The molecule has 34 heavy (non-hydrogen) atoms. The van der Waals surface area contributed by atoms with Crippen molar-refractivity contribution < 1.29 is 19.1 Å². The smallest absolute Gasteiger partial charge is 0.268 e. The van der Waals surface area contributed by atoms with Crippen LogP contribution in [0.25, 0.3) is 0 Å². The van der Waals surface area contributed by atoms with Gasteiger partial charge in [0.1, 0.15) is 11.5 Å². The van der Waals surface area contributed by atoms with Crippen molar-refractivity contribution in [1.29, 1.82) is 0 Å². The second kappa shape index (κ2) is 10.1. The molecule has 0 bridgehead atoms. The number of ether oxygens (including phenoxy) is 2. The lowest BCUT2D eigenvalue weighted by Crippen LogP contribution is -2.44. The Balaban J connectivity index is 1.54. The van der Waals surface area contributed by atoms with Gasteiger partial charge in [0.2, 0.25) is 0 Å². The van der Waals surface area contributed by atoms with Gasteiger partial charge in [-0.15, -0.1) is 0 Å². The fourth-order valence-corrected chi connectivity index (χ4v) is 4.15. The molecular weight excluding hydrogens is 499 g/mol. The van der Waals surface area contributed by atoms with Crippen LogP contribution in [0.4, 0.5) is 11.4 Å². The highest BCUT2D eigenvalue weighted by Gasteiger charge is 2.32. The van der Waals surface area contributed by atoms with Gasteiger partial charge in [-0.3, -0.25) is 9.59 Å². The van der Waals surface area contributed by atoms with Crippen LogP contribution in [0.1, 0.15) is 19.4 Å². The maximum absolute atomic E-state index is 12.9. The van der Waals surface area contributed by atoms with E-state index in [4.69, 9.17) is 44.3 Å². The Bertz CT molecular complexity index is 1250. The second-order valence-corrected chi connectivity index (χ2v) is 9.03. The third kappa shape index (κ3) is 5.25. The topological polar surface area (TPSA) is 67.9 Å². The number of anilines is 2. The first-order chi connectivity index (χ1) is 16.2. The monoisotopic (exact) mass is 518 g/mol. The van der Waals surface area contributed by atoms with Gasteiger partial charge in [-0.2, -0.15) is 0 Å². The molecule has 1 heterocycles. The van der Waals surface area contributed by atoms with Crippen LogP contribution in [0.2, 0.25) is 15.1 Å². The lowest BCUT2D eigenvalue weighted by molar-refractivity contribution is -0.125. The van der Waals surface area contributed by atoms with Crippen LogP contribution < -0.4 is 19.7 Å². The van der Waals surface area contributed by atoms with E-state index in [0.717, 1.165) is 5.56 Å². The third-order valence-electron chi connectivity index (χ3n) is 5.29. The summed E-state index contributed by atoms with van der Waals surface area (Å²) in [6.45, 7) is 3.57. The molecule has 1 aliphatic rings. The van der Waals surface area contributed by atoms with Gasteiger partial charge in [0, 0.05) is 15.7 Å². The molecule has 4 rings (SSSR count). The lowest BCUT2D eigenvalue weighted by atomic mass is 10.1. The Kier molecular flexibility index (Phi) is 7.22. The van der Waals surface area contributed by atoms with E-state index in [2.05, 4.69) is 5.32 Å². The molecule has 0 radical (unpaired) electrons. The molecule has 0 spiro atoms. The zero-order chi connectivity index (χ0) is 24.4. The van der Waals surface area contributed by atoms with Gasteiger partial charge in [-0.1, -0.05) is 53.0 Å². The number of nitrogens with one attached hydrogen (secondary N) is 1. The fourth-order valence-electron chi connectivity index (χ4n) is 3.50. The highest BCUT2D eigenvalue weighted by molar-refractivity contribution is 6.35. The standard InChI is InChI=1S/C25H21Cl3N2O4/c1-14(33-22-9-7-17(26)11-20(22)28)24(31)29-18-8-10-23-21(12-18)30(25(32)15(2)34-23)13-16-5-3-4-6-19(16)27/h3-12,14-15H,13H2,1-2H3,(H,29,31). The van der Waals surface area contributed by atoms with Crippen LogP contribution in [-0.2, 0) is 16.1 Å². The molecule has 0 saturated heterocycles. The van der Waals surface area contributed by atoms with E-state index in [-0.39, 0.29) is 18.4 Å². The number of carbonyl (C=O) groups excluding carboxylic acids is 2. The molecule has 2 amide bonds. The van der Waals surface area contributed by atoms with E-state index in [9.17, 15) is 9.59 Å². The van der Waals surface area contributed by atoms with Gasteiger partial charge >= 0.3 is 0 Å². The van der Waals surface area contributed by atoms with E-state index >= 15 is 0 Å². The summed E-state index contributed by atoms with van der Waals surface area (Å²) in [7, 11) is 0. The molecule has 176 valence electrons. The summed E-state index contributed by atoms with van der Waals surface area (Å²) < 4.78 is 11.4. The summed E-state index contributed by atoms with van der Waals surface area (Å²) >= 11 is 18.4. The molecule has 0 aromatic heterocycles. The molecule has 2 atom stereocenters. The Morgan fingerprint density at radius 3 is 2.59 bits per heavy atom. The number of benzene rings is 3. The minimum Gasteiger partial charge on any atom is -0.479 e. The normalized spacial score (nSPS) is 15.9. The zero-order valence-corrected chi connectivity index (χ0v) is 20.6. The van der Waals surface area contributed by atoms with Crippen molar-refractivity contribution in [3.05, 3.63) is 81.3 Å². The van der Waals surface area contributed by atoms with Gasteiger partial charge in [0.15, 0.2) is 12.2 Å². The highest BCUT2D eigenvalue weighted by Crippen LogP contribution is 2.38. The predicted molar refractivity (Wildman–Crippen MR) is 134 cm³/mol. The van der Waals surface area contributed by atoms with Crippen molar-refractivity contribution in [2.24, 2.45) is 0 Å². The maximum Gasteiger partial charge on any atom is 0.268 e. The Morgan fingerprint density at radius 1 is 1.09 bits per heavy atom. The maximum atomic E-state index is 12.9. The van der Waals surface area contributed by atoms with E-state index in [1.54, 1.807) is 55.1 Å². The summed E-state index contributed by atoms with van der Waals surface area (Å²) in [5.41, 5.74) is 1.82. The molecular formula is C25H21Cl3N2O4. The van der Waals surface area contributed by atoms with Gasteiger partial charge in [0.25, 0.3) is 11.8 Å². The van der Waals surface area contributed by atoms with Crippen molar-refractivity contribution in [3.63, 3.8) is 0 Å². The first-order valence-corrected chi connectivity index (χ1v) is 11.6. The van der Waals surface area contributed by atoms with Crippen molar-refractivity contribution >= 4 is 58.0 Å². The summed E-state index contributed by atoms with van der Waals surface area (Å²) in [6.07, 6.45) is -1.49. The zero-order valence-electron chi connectivity index (χ0n) is 18.3.